The first-order valence-corrected chi connectivity index (χ1v) is 9.18. The highest BCUT2D eigenvalue weighted by molar-refractivity contribution is 5.94. The number of carbonyl (C=O) groups excluding carboxylic acids is 2. The van der Waals surface area contributed by atoms with Crippen molar-refractivity contribution in [3.8, 4) is 0 Å². The molecule has 0 spiro atoms. The standard InChI is InChI=1S/C21H23N3O2/c1-15-7-8-17(11-22-15)20(25)23-13-18-9-10-19(14-23)24(21(18)26)12-16-5-3-2-4-6-16/h2-8,11,18-19H,9-10,12-14H2,1H3/t18-,19+/m0/s1. The number of hydrogen-bond donors (Lipinski definition) is 0. The van der Waals surface area contributed by atoms with E-state index in [0.29, 0.717) is 25.2 Å². The lowest BCUT2D eigenvalue weighted by molar-refractivity contribution is -0.140. The van der Waals surface area contributed by atoms with Gasteiger partial charge in [-0.3, -0.25) is 14.6 Å². The maximum absolute atomic E-state index is 12.9. The van der Waals surface area contributed by atoms with E-state index in [1.807, 2.05) is 59.2 Å². The predicted molar refractivity (Wildman–Crippen MR) is 98.4 cm³/mol. The summed E-state index contributed by atoms with van der Waals surface area (Å²) in [5, 5.41) is 0. The van der Waals surface area contributed by atoms with Gasteiger partial charge >= 0.3 is 0 Å². The van der Waals surface area contributed by atoms with Crippen LogP contribution in [0.2, 0.25) is 0 Å². The van der Waals surface area contributed by atoms with Crippen molar-refractivity contribution < 1.29 is 9.59 Å². The molecule has 134 valence electrons. The molecular formula is C21H23N3O2. The van der Waals surface area contributed by atoms with Gasteiger partial charge in [0.05, 0.1) is 11.5 Å². The third-order valence-electron chi connectivity index (χ3n) is 5.43. The number of fused-ring (bicyclic) bond motifs is 4. The normalized spacial score (nSPS) is 22.4. The van der Waals surface area contributed by atoms with Crippen LogP contribution < -0.4 is 0 Å². The third kappa shape index (κ3) is 3.21. The average Bonchev–Trinajstić information content (AvgIpc) is 2.95. The Morgan fingerprint density at radius 3 is 2.65 bits per heavy atom. The van der Waals surface area contributed by atoms with Crippen LogP contribution >= 0.6 is 0 Å². The Labute approximate surface area is 153 Å². The topological polar surface area (TPSA) is 53.5 Å². The minimum absolute atomic E-state index is 0.0243. The molecule has 3 fully saturated rings. The van der Waals surface area contributed by atoms with Crippen LogP contribution in [0.4, 0.5) is 0 Å². The van der Waals surface area contributed by atoms with Crippen LogP contribution in [0.25, 0.3) is 0 Å². The van der Waals surface area contributed by atoms with Gasteiger partial charge in [0.15, 0.2) is 0 Å². The molecule has 5 nitrogen and oxygen atoms in total. The minimum atomic E-state index is -0.0974. The Bertz CT molecular complexity index is 804. The maximum Gasteiger partial charge on any atom is 0.255 e. The van der Waals surface area contributed by atoms with Gasteiger partial charge in [0.2, 0.25) is 5.91 Å². The van der Waals surface area contributed by atoms with Gasteiger partial charge in [0.25, 0.3) is 5.91 Å². The van der Waals surface area contributed by atoms with Crippen molar-refractivity contribution in [1.82, 2.24) is 14.8 Å². The van der Waals surface area contributed by atoms with E-state index in [2.05, 4.69) is 4.98 Å². The number of amides is 2. The zero-order chi connectivity index (χ0) is 18.1. The van der Waals surface area contributed by atoms with Crippen LogP contribution in [-0.2, 0) is 11.3 Å². The van der Waals surface area contributed by atoms with Gasteiger partial charge in [-0.15, -0.1) is 0 Å². The monoisotopic (exact) mass is 349 g/mol. The number of piperidine rings is 1. The van der Waals surface area contributed by atoms with E-state index >= 15 is 0 Å². The quantitative estimate of drug-likeness (QED) is 0.856. The first kappa shape index (κ1) is 16.8. The van der Waals surface area contributed by atoms with Gasteiger partial charge in [-0.2, -0.15) is 0 Å². The molecule has 2 amide bonds. The van der Waals surface area contributed by atoms with Crippen molar-refractivity contribution in [2.75, 3.05) is 13.1 Å². The van der Waals surface area contributed by atoms with Crippen LogP contribution in [0.15, 0.2) is 48.7 Å². The number of nitrogens with zero attached hydrogens (tertiary/aromatic N) is 3. The summed E-state index contributed by atoms with van der Waals surface area (Å²) in [5.41, 5.74) is 2.62. The fraction of sp³-hybridized carbons (Fsp3) is 0.381. The van der Waals surface area contributed by atoms with Gasteiger partial charge in [-0.05, 0) is 37.5 Å². The molecule has 3 saturated heterocycles. The van der Waals surface area contributed by atoms with E-state index in [-0.39, 0.29) is 23.8 Å². The largest absolute Gasteiger partial charge is 0.336 e. The maximum atomic E-state index is 12.9. The summed E-state index contributed by atoms with van der Waals surface area (Å²) in [5.74, 6) is 0.0611. The van der Waals surface area contributed by atoms with Crippen LogP contribution in [0.1, 0.15) is 34.5 Å². The number of hydrogen-bond acceptors (Lipinski definition) is 3. The number of rotatable bonds is 3. The molecule has 3 aliphatic rings. The van der Waals surface area contributed by atoms with E-state index in [0.717, 1.165) is 24.1 Å². The van der Waals surface area contributed by atoms with E-state index in [4.69, 9.17) is 0 Å². The molecule has 2 atom stereocenters. The van der Waals surface area contributed by atoms with Gasteiger partial charge in [-0.25, -0.2) is 0 Å². The summed E-state index contributed by atoms with van der Waals surface area (Å²) in [7, 11) is 0. The molecule has 3 aliphatic heterocycles. The van der Waals surface area contributed by atoms with Crippen molar-refractivity contribution in [2.45, 2.75) is 32.4 Å². The van der Waals surface area contributed by atoms with E-state index in [9.17, 15) is 9.59 Å². The second-order valence-electron chi connectivity index (χ2n) is 7.28. The lowest BCUT2D eigenvalue weighted by Crippen LogP contribution is -2.47. The number of pyridine rings is 1. The fourth-order valence-electron chi connectivity index (χ4n) is 3.97. The SMILES string of the molecule is Cc1ccc(C(=O)N2C[C@@H]3CC[C@H](C2)N(Cc2ccccc2)C3=O)cn1. The Morgan fingerprint density at radius 2 is 1.92 bits per heavy atom. The molecule has 2 bridgehead atoms. The lowest BCUT2D eigenvalue weighted by Gasteiger charge is -2.36. The number of aryl methyl sites for hydroxylation is 1. The van der Waals surface area contributed by atoms with Gasteiger partial charge < -0.3 is 9.80 Å². The molecule has 1 aromatic heterocycles. The summed E-state index contributed by atoms with van der Waals surface area (Å²) < 4.78 is 0. The Morgan fingerprint density at radius 1 is 1.12 bits per heavy atom. The highest BCUT2D eigenvalue weighted by atomic mass is 16.2. The Kier molecular flexibility index (Phi) is 4.45. The molecule has 5 heteroatoms. The molecule has 0 radical (unpaired) electrons. The number of aromatic nitrogens is 1. The molecule has 26 heavy (non-hydrogen) atoms. The van der Waals surface area contributed by atoms with E-state index in [1.165, 1.54) is 0 Å². The first-order valence-electron chi connectivity index (χ1n) is 9.18. The van der Waals surface area contributed by atoms with Gasteiger partial charge in [0, 0.05) is 37.6 Å². The smallest absolute Gasteiger partial charge is 0.255 e. The zero-order valence-electron chi connectivity index (χ0n) is 15.0. The van der Waals surface area contributed by atoms with E-state index in [1.54, 1.807) is 6.20 Å². The zero-order valence-corrected chi connectivity index (χ0v) is 15.0. The lowest BCUT2D eigenvalue weighted by atomic mass is 9.93. The molecule has 4 heterocycles. The minimum Gasteiger partial charge on any atom is -0.336 e. The van der Waals surface area contributed by atoms with Crippen molar-refractivity contribution in [1.29, 1.82) is 0 Å². The summed E-state index contributed by atoms with van der Waals surface area (Å²) in [6.45, 7) is 3.63. The number of benzene rings is 1. The van der Waals surface area contributed by atoms with Gasteiger partial charge in [-0.1, -0.05) is 30.3 Å². The first-order chi connectivity index (χ1) is 12.6. The van der Waals surface area contributed by atoms with Crippen molar-refractivity contribution in [3.05, 3.63) is 65.5 Å². The van der Waals surface area contributed by atoms with E-state index < -0.39 is 0 Å². The number of carbonyl (C=O) groups is 2. The van der Waals surface area contributed by atoms with Crippen LogP contribution in [0.3, 0.4) is 0 Å². The second kappa shape index (κ2) is 6.90. The summed E-state index contributed by atoms with van der Waals surface area (Å²) in [4.78, 5) is 33.9. The molecule has 1 aromatic carbocycles. The Balaban J connectivity index is 1.54. The molecule has 0 N–H and O–H groups in total. The molecule has 5 rings (SSSR count). The van der Waals surface area contributed by atoms with Crippen molar-refractivity contribution in [2.24, 2.45) is 5.92 Å². The molecule has 0 unspecified atom stereocenters. The highest BCUT2D eigenvalue weighted by Gasteiger charge is 2.41. The van der Waals surface area contributed by atoms with Crippen molar-refractivity contribution >= 4 is 11.8 Å². The predicted octanol–water partition coefficient (Wildman–Crippen LogP) is 2.65. The molecule has 0 saturated carbocycles. The highest BCUT2D eigenvalue weighted by Crippen LogP contribution is 2.31. The third-order valence-corrected chi connectivity index (χ3v) is 5.43. The van der Waals surface area contributed by atoms with Crippen molar-refractivity contribution in [3.63, 3.8) is 0 Å². The van der Waals surface area contributed by atoms with Crippen LogP contribution in [-0.4, -0.2) is 45.7 Å². The fourth-order valence-corrected chi connectivity index (χ4v) is 3.97. The second-order valence-corrected chi connectivity index (χ2v) is 7.28. The molecule has 0 aliphatic carbocycles. The summed E-state index contributed by atoms with van der Waals surface area (Å²) in [6.07, 6.45) is 3.46. The average molecular weight is 349 g/mol. The van der Waals surface area contributed by atoms with Gasteiger partial charge in [0.1, 0.15) is 0 Å². The van der Waals surface area contributed by atoms with Crippen LogP contribution in [0.5, 0.6) is 0 Å². The summed E-state index contributed by atoms with van der Waals surface area (Å²) >= 11 is 0. The van der Waals surface area contributed by atoms with Crippen LogP contribution in [0, 0.1) is 12.8 Å². The summed E-state index contributed by atoms with van der Waals surface area (Å²) in [6, 6.07) is 13.8. The Hall–Kier alpha value is -2.69. The molecular weight excluding hydrogens is 326 g/mol. The molecule has 2 aromatic rings.